The van der Waals surface area contributed by atoms with Gasteiger partial charge in [0, 0.05) is 17.4 Å². The number of benzene rings is 2. The van der Waals surface area contributed by atoms with E-state index < -0.39 is 13.0 Å². The molecule has 198 valence electrons. The third-order valence-corrected chi connectivity index (χ3v) is 6.10. The summed E-state index contributed by atoms with van der Waals surface area (Å²) in [5, 5.41) is 0. The second-order valence-electron chi connectivity index (χ2n) is 8.69. The summed E-state index contributed by atoms with van der Waals surface area (Å²) in [4.78, 5) is 8.96. The molecular formula is C27H22F5N3O3. The second kappa shape index (κ2) is 10.7. The van der Waals surface area contributed by atoms with Crippen LogP contribution >= 0.6 is 0 Å². The van der Waals surface area contributed by atoms with Crippen LogP contribution in [-0.2, 0) is 0 Å². The topological polar surface area (TPSA) is 58.4 Å². The molecule has 1 saturated carbocycles. The zero-order valence-electron chi connectivity index (χ0n) is 19.9. The lowest BCUT2D eigenvalue weighted by molar-refractivity contribution is -0.274. The van der Waals surface area contributed by atoms with Crippen LogP contribution in [0, 0.1) is 5.92 Å². The Morgan fingerprint density at radius 2 is 1.79 bits per heavy atom. The molecule has 1 aliphatic carbocycles. The van der Waals surface area contributed by atoms with Crippen molar-refractivity contribution in [2.45, 2.75) is 32.2 Å². The van der Waals surface area contributed by atoms with E-state index in [9.17, 15) is 22.0 Å². The largest absolute Gasteiger partial charge is 0.573 e. The van der Waals surface area contributed by atoms with Gasteiger partial charge in [-0.1, -0.05) is 18.6 Å². The van der Waals surface area contributed by atoms with Crippen LogP contribution in [0.1, 0.15) is 30.7 Å². The van der Waals surface area contributed by atoms with Gasteiger partial charge in [0.15, 0.2) is 17.1 Å². The molecule has 2 aromatic carbocycles. The summed E-state index contributed by atoms with van der Waals surface area (Å²) in [6.45, 7) is -2.63. The van der Waals surface area contributed by atoms with Crippen LogP contribution in [0.2, 0.25) is 0 Å². The molecule has 0 amide bonds. The second-order valence-corrected chi connectivity index (χ2v) is 8.69. The molecule has 0 bridgehead atoms. The SMILES string of the molecule is FC(F)Oc1cccc(C=Cc2nc3cccnc3n2-c2ccc(OC(F)(F)F)cc2)c1OCC1CCC1. The van der Waals surface area contributed by atoms with Gasteiger partial charge in [-0.2, -0.15) is 8.78 Å². The molecule has 6 nitrogen and oxygen atoms in total. The summed E-state index contributed by atoms with van der Waals surface area (Å²) in [6.07, 6.45) is 3.24. The van der Waals surface area contributed by atoms with Crippen molar-refractivity contribution >= 4 is 23.3 Å². The average molecular weight is 531 g/mol. The standard InChI is InChI=1S/C27H22F5N3O3/c28-26(29)37-22-8-2-6-18(24(22)36-16-17-4-1-5-17)9-14-23-34-21-7-3-15-33-25(21)35(23)19-10-12-20(13-11-19)38-27(30,31)32/h2-3,6-15,17,26H,1,4-5,16H2. The van der Waals surface area contributed by atoms with E-state index in [1.165, 1.54) is 30.3 Å². The van der Waals surface area contributed by atoms with Crippen LogP contribution < -0.4 is 14.2 Å². The van der Waals surface area contributed by atoms with Crippen molar-refractivity contribution < 1.29 is 36.2 Å². The predicted molar refractivity (Wildman–Crippen MR) is 130 cm³/mol. The van der Waals surface area contributed by atoms with E-state index in [0.717, 1.165) is 19.3 Å². The number of alkyl halides is 5. The van der Waals surface area contributed by atoms with Crippen LogP contribution in [0.5, 0.6) is 17.2 Å². The van der Waals surface area contributed by atoms with E-state index in [4.69, 9.17) is 9.47 Å². The fourth-order valence-electron chi connectivity index (χ4n) is 4.13. The van der Waals surface area contributed by atoms with Crippen LogP contribution in [0.4, 0.5) is 22.0 Å². The average Bonchev–Trinajstić information content (AvgIpc) is 3.20. The van der Waals surface area contributed by atoms with Crippen LogP contribution in [-0.4, -0.2) is 34.1 Å². The van der Waals surface area contributed by atoms with Gasteiger partial charge < -0.3 is 14.2 Å². The Bertz CT molecular complexity index is 1430. The third kappa shape index (κ3) is 5.87. The molecule has 0 aliphatic heterocycles. The summed E-state index contributed by atoms with van der Waals surface area (Å²) in [6, 6.07) is 13.5. The Hall–Kier alpha value is -4.15. The molecule has 1 aliphatic rings. The van der Waals surface area contributed by atoms with Crippen molar-refractivity contribution in [1.29, 1.82) is 0 Å². The number of aromatic nitrogens is 3. The molecule has 0 unspecified atom stereocenters. The molecule has 4 aromatic rings. The zero-order chi connectivity index (χ0) is 26.7. The number of pyridine rings is 1. The molecule has 5 rings (SSSR count). The van der Waals surface area contributed by atoms with Crippen molar-refractivity contribution in [3.63, 3.8) is 0 Å². The lowest BCUT2D eigenvalue weighted by atomic mass is 9.86. The van der Waals surface area contributed by atoms with Crippen LogP contribution in [0.25, 0.3) is 29.0 Å². The number of halogens is 5. The maximum absolute atomic E-state index is 13.1. The number of fused-ring (bicyclic) bond motifs is 1. The van der Waals surface area contributed by atoms with E-state index in [-0.39, 0.29) is 17.2 Å². The van der Waals surface area contributed by atoms with Crippen molar-refractivity contribution in [3.05, 3.63) is 72.2 Å². The number of nitrogens with zero attached hydrogens (tertiary/aromatic N) is 3. The van der Waals surface area contributed by atoms with Crippen LogP contribution in [0.15, 0.2) is 60.8 Å². The number of imidazole rings is 1. The number of hydrogen-bond acceptors (Lipinski definition) is 5. The minimum absolute atomic E-state index is 0.0723. The Kier molecular flexibility index (Phi) is 7.17. The van der Waals surface area contributed by atoms with Crippen molar-refractivity contribution in [2.24, 2.45) is 5.92 Å². The maximum atomic E-state index is 13.1. The molecule has 1 fully saturated rings. The first-order valence-corrected chi connectivity index (χ1v) is 11.9. The van der Waals surface area contributed by atoms with Gasteiger partial charge in [0.25, 0.3) is 0 Å². The molecule has 2 aromatic heterocycles. The molecule has 0 atom stereocenters. The van der Waals surface area contributed by atoms with Gasteiger partial charge in [-0.05, 0) is 73.4 Å². The minimum atomic E-state index is -4.81. The highest BCUT2D eigenvalue weighted by atomic mass is 19.4. The van der Waals surface area contributed by atoms with Gasteiger partial charge >= 0.3 is 13.0 Å². The number of hydrogen-bond donors (Lipinski definition) is 0. The smallest absolute Gasteiger partial charge is 0.489 e. The van der Waals surface area contributed by atoms with Gasteiger partial charge in [0.2, 0.25) is 0 Å². The molecule has 0 radical (unpaired) electrons. The number of rotatable bonds is 9. The van der Waals surface area contributed by atoms with Gasteiger partial charge in [-0.15, -0.1) is 13.2 Å². The van der Waals surface area contributed by atoms with Gasteiger partial charge in [-0.25, -0.2) is 9.97 Å². The highest BCUT2D eigenvalue weighted by Gasteiger charge is 2.31. The van der Waals surface area contributed by atoms with E-state index in [1.54, 1.807) is 47.2 Å². The highest BCUT2D eigenvalue weighted by molar-refractivity contribution is 5.80. The normalized spacial score (nSPS) is 14.3. The fourth-order valence-corrected chi connectivity index (χ4v) is 4.13. The monoisotopic (exact) mass is 531 g/mol. The quantitative estimate of drug-likeness (QED) is 0.213. The zero-order valence-corrected chi connectivity index (χ0v) is 19.9. The molecule has 38 heavy (non-hydrogen) atoms. The molecular weight excluding hydrogens is 509 g/mol. The van der Waals surface area contributed by atoms with Gasteiger partial charge in [0.1, 0.15) is 17.1 Å². The van der Waals surface area contributed by atoms with E-state index in [1.807, 2.05) is 0 Å². The predicted octanol–water partition coefficient (Wildman–Crippen LogP) is 7.27. The Labute approximate surface area is 214 Å². The Balaban J connectivity index is 1.51. The molecule has 2 heterocycles. The minimum Gasteiger partial charge on any atom is -0.489 e. The maximum Gasteiger partial charge on any atom is 0.573 e. The summed E-state index contributed by atoms with van der Waals surface area (Å²) in [5.41, 5.74) is 2.03. The van der Waals surface area contributed by atoms with Crippen molar-refractivity contribution in [2.75, 3.05) is 6.61 Å². The first-order valence-electron chi connectivity index (χ1n) is 11.9. The van der Waals surface area contributed by atoms with E-state index >= 15 is 0 Å². The Morgan fingerprint density at radius 3 is 2.47 bits per heavy atom. The molecule has 0 saturated heterocycles. The first-order chi connectivity index (χ1) is 18.3. The fraction of sp³-hybridized carbons (Fsp3) is 0.259. The molecule has 0 spiro atoms. The number of para-hydroxylation sites is 1. The first kappa shape index (κ1) is 25.5. The number of ether oxygens (including phenoxy) is 3. The van der Waals surface area contributed by atoms with Crippen LogP contribution in [0.3, 0.4) is 0 Å². The van der Waals surface area contributed by atoms with E-state index in [0.29, 0.717) is 40.8 Å². The lowest BCUT2D eigenvalue weighted by Gasteiger charge is -2.26. The molecule has 0 N–H and O–H groups in total. The summed E-state index contributed by atoms with van der Waals surface area (Å²) < 4.78 is 80.1. The van der Waals surface area contributed by atoms with E-state index in [2.05, 4.69) is 14.7 Å². The van der Waals surface area contributed by atoms with Gasteiger partial charge in [-0.3, -0.25) is 4.57 Å². The summed E-state index contributed by atoms with van der Waals surface area (Å²) in [7, 11) is 0. The Morgan fingerprint density at radius 1 is 1.00 bits per heavy atom. The summed E-state index contributed by atoms with van der Waals surface area (Å²) in [5.74, 6) is 0.543. The highest BCUT2D eigenvalue weighted by Crippen LogP contribution is 2.36. The molecule has 11 heteroatoms. The summed E-state index contributed by atoms with van der Waals surface area (Å²) >= 11 is 0. The van der Waals surface area contributed by atoms with Crippen molar-refractivity contribution in [1.82, 2.24) is 14.5 Å². The van der Waals surface area contributed by atoms with Gasteiger partial charge in [0.05, 0.1) is 6.61 Å². The van der Waals surface area contributed by atoms with Crippen molar-refractivity contribution in [3.8, 4) is 22.9 Å². The third-order valence-electron chi connectivity index (χ3n) is 6.10. The lowest BCUT2D eigenvalue weighted by Crippen LogP contribution is -2.20.